The fourth-order valence-electron chi connectivity index (χ4n) is 4.43. The Morgan fingerprint density at radius 1 is 1.15 bits per heavy atom. The van der Waals surface area contributed by atoms with E-state index in [1.54, 1.807) is 0 Å². The Balaban J connectivity index is 1.99. The highest BCUT2D eigenvalue weighted by Gasteiger charge is 2.47. The number of esters is 1. The number of rotatable bonds is 7. The van der Waals surface area contributed by atoms with Crippen molar-refractivity contribution in [3.05, 3.63) is 0 Å². The Kier molecular flexibility index (Phi) is 7.92. The first-order chi connectivity index (χ1) is 12.3. The van der Waals surface area contributed by atoms with E-state index in [4.69, 9.17) is 14.2 Å². The van der Waals surface area contributed by atoms with Crippen LogP contribution in [0.4, 0.5) is 0 Å². The van der Waals surface area contributed by atoms with Gasteiger partial charge >= 0.3 is 5.97 Å². The highest BCUT2D eigenvalue weighted by molar-refractivity contribution is 5.69. The third-order valence-corrected chi connectivity index (χ3v) is 6.33. The van der Waals surface area contributed by atoms with Crippen LogP contribution < -0.4 is 0 Å². The Hall–Kier alpha value is -0.650. The van der Waals surface area contributed by atoms with Gasteiger partial charge in [0.2, 0.25) is 0 Å². The molecule has 2 heterocycles. The van der Waals surface area contributed by atoms with E-state index in [0.29, 0.717) is 24.2 Å². The topological polar surface area (TPSA) is 65.0 Å². The number of methoxy groups -OCH3 is 1. The van der Waals surface area contributed by atoms with Crippen molar-refractivity contribution in [2.45, 2.75) is 103 Å². The molecule has 26 heavy (non-hydrogen) atoms. The average Bonchev–Trinajstić information content (AvgIpc) is 2.62. The van der Waals surface area contributed by atoms with Crippen LogP contribution in [0.1, 0.15) is 79.1 Å². The lowest BCUT2D eigenvalue weighted by Crippen LogP contribution is -2.53. The average molecular weight is 371 g/mol. The summed E-state index contributed by atoms with van der Waals surface area (Å²) in [7, 11) is 1.44. The van der Waals surface area contributed by atoms with Gasteiger partial charge in [0.25, 0.3) is 0 Å². The third-order valence-electron chi connectivity index (χ3n) is 6.33. The highest BCUT2D eigenvalue weighted by Crippen LogP contribution is 2.45. The Labute approximate surface area is 158 Å². The number of hydrogen-bond acceptors (Lipinski definition) is 5. The molecule has 2 fully saturated rings. The lowest BCUT2D eigenvalue weighted by molar-refractivity contribution is -0.338. The predicted molar refractivity (Wildman–Crippen MR) is 101 cm³/mol. The largest absolute Gasteiger partial charge is 0.469 e. The summed E-state index contributed by atoms with van der Waals surface area (Å²) in [4.78, 5) is 11.5. The molecule has 0 amide bonds. The molecule has 1 N–H and O–H groups in total. The summed E-state index contributed by atoms with van der Waals surface area (Å²) < 4.78 is 17.9. The second-order valence-corrected chi connectivity index (χ2v) is 8.70. The number of ether oxygens (including phenoxy) is 3. The van der Waals surface area contributed by atoms with Crippen LogP contribution >= 0.6 is 0 Å². The van der Waals surface area contributed by atoms with Crippen molar-refractivity contribution in [3.8, 4) is 0 Å². The smallest absolute Gasteiger partial charge is 0.305 e. The van der Waals surface area contributed by atoms with Gasteiger partial charge in [-0.1, -0.05) is 20.8 Å². The van der Waals surface area contributed by atoms with Crippen molar-refractivity contribution in [2.24, 2.45) is 17.8 Å². The molecule has 7 atom stereocenters. The van der Waals surface area contributed by atoms with E-state index in [0.717, 1.165) is 44.9 Å². The van der Waals surface area contributed by atoms with Gasteiger partial charge in [0.1, 0.15) is 0 Å². The lowest BCUT2D eigenvalue weighted by Gasteiger charge is -2.51. The summed E-state index contributed by atoms with van der Waals surface area (Å²) in [5.74, 6) is 0.618. The molecule has 0 aliphatic carbocycles. The Bertz CT molecular complexity index is 448. The summed E-state index contributed by atoms with van der Waals surface area (Å²) in [5, 5.41) is 9.62. The van der Waals surface area contributed by atoms with Gasteiger partial charge in [-0.05, 0) is 56.8 Å². The van der Waals surface area contributed by atoms with Crippen molar-refractivity contribution in [3.63, 3.8) is 0 Å². The van der Waals surface area contributed by atoms with Crippen LogP contribution in [0.5, 0.6) is 0 Å². The maximum Gasteiger partial charge on any atom is 0.305 e. The first-order valence-electron chi connectivity index (χ1n) is 10.4. The minimum absolute atomic E-state index is 0.110. The van der Waals surface area contributed by atoms with Gasteiger partial charge in [-0.3, -0.25) is 4.79 Å². The molecule has 0 radical (unpaired) electrons. The van der Waals surface area contributed by atoms with Crippen LogP contribution in [0.25, 0.3) is 0 Å². The van der Waals surface area contributed by atoms with Crippen molar-refractivity contribution >= 4 is 5.97 Å². The molecule has 2 saturated heterocycles. The minimum atomic E-state index is -0.480. The van der Waals surface area contributed by atoms with Gasteiger partial charge in [-0.15, -0.1) is 0 Å². The molecule has 0 aromatic carbocycles. The standard InChI is InChI=1S/C21H38O5/c1-14-10-12-21(25-18(14)8-7-17(4)22)13-11-16(3)20(26-21)15(2)6-9-19(23)24-5/h14-18,20,22H,6-13H2,1-5H3/t14-,15-,16+,17-,18+,20+,21-/m1/s1. The van der Waals surface area contributed by atoms with Gasteiger partial charge in [0.05, 0.1) is 25.4 Å². The summed E-state index contributed by atoms with van der Waals surface area (Å²) in [5.41, 5.74) is 0. The van der Waals surface area contributed by atoms with Crippen molar-refractivity contribution < 1.29 is 24.1 Å². The van der Waals surface area contributed by atoms with Crippen LogP contribution in [0.2, 0.25) is 0 Å². The van der Waals surface area contributed by atoms with Crippen molar-refractivity contribution in [1.29, 1.82) is 0 Å². The maximum atomic E-state index is 11.5. The van der Waals surface area contributed by atoms with E-state index >= 15 is 0 Å². The first-order valence-corrected chi connectivity index (χ1v) is 10.4. The predicted octanol–water partition coefficient (Wildman–Crippen LogP) is 4.06. The molecule has 5 heteroatoms. The molecular weight excluding hydrogens is 332 g/mol. The van der Waals surface area contributed by atoms with Crippen LogP contribution in [0.15, 0.2) is 0 Å². The van der Waals surface area contributed by atoms with Gasteiger partial charge < -0.3 is 19.3 Å². The maximum absolute atomic E-state index is 11.5. The zero-order valence-electron chi connectivity index (χ0n) is 17.2. The summed E-state index contributed by atoms with van der Waals surface area (Å²) in [6.45, 7) is 8.48. The van der Waals surface area contributed by atoms with Gasteiger partial charge in [0.15, 0.2) is 5.79 Å². The Morgan fingerprint density at radius 2 is 1.81 bits per heavy atom. The molecule has 0 unspecified atom stereocenters. The van der Waals surface area contributed by atoms with Crippen LogP contribution in [0.3, 0.4) is 0 Å². The molecule has 0 saturated carbocycles. The zero-order chi connectivity index (χ0) is 19.3. The van der Waals surface area contributed by atoms with E-state index in [1.165, 1.54) is 7.11 Å². The fraction of sp³-hybridized carbons (Fsp3) is 0.952. The molecule has 2 aliphatic heterocycles. The van der Waals surface area contributed by atoms with Crippen molar-refractivity contribution in [2.75, 3.05) is 7.11 Å². The van der Waals surface area contributed by atoms with E-state index < -0.39 is 5.79 Å². The quantitative estimate of drug-likeness (QED) is 0.685. The normalized spacial score (nSPS) is 37.3. The summed E-state index contributed by atoms with van der Waals surface area (Å²) >= 11 is 0. The molecule has 152 valence electrons. The molecular formula is C21H38O5. The molecule has 5 nitrogen and oxygen atoms in total. The molecule has 2 aliphatic rings. The molecule has 0 aromatic heterocycles. The summed E-state index contributed by atoms with van der Waals surface area (Å²) in [6.07, 6.45) is 6.89. The number of carbonyl (C=O) groups is 1. The van der Waals surface area contributed by atoms with Gasteiger partial charge in [-0.25, -0.2) is 0 Å². The van der Waals surface area contributed by atoms with E-state index in [1.807, 2.05) is 6.92 Å². The SMILES string of the molecule is COC(=O)CC[C@@H](C)[C@@H]1O[C@]2(CC[C@@H](C)[C@H](CC[C@@H](C)O)O2)CC[C@@H]1C. The number of carbonyl (C=O) groups excluding carboxylic acids is 1. The second kappa shape index (κ2) is 9.52. The third kappa shape index (κ3) is 5.67. The number of aliphatic hydroxyl groups excluding tert-OH is 1. The van der Waals surface area contributed by atoms with Crippen LogP contribution in [-0.2, 0) is 19.0 Å². The monoisotopic (exact) mass is 370 g/mol. The highest BCUT2D eigenvalue weighted by atomic mass is 16.7. The minimum Gasteiger partial charge on any atom is -0.469 e. The van der Waals surface area contributed by atoms with Crippen LogP contribution in [-0.4, -0.2) is 42.3 Å². The molecule has 0 aromatic rings. The van der Waals surface area contributed by atoms with E-state index in [9.17, 15) is 9.90 Å². The number of aliphatic hydroxyl groups is 1. The summed E-state index contributed by atoms with van der Waals surface area (Å²) in [6, 6.07) is 0. The van der Waals surface area contributed by atoms with Crippen LogP contribution in [0, 0.1) is 17.8 Å². The van der Waals surface area contributed by atoms with Gasteiger partial charge in [-0.2, -0.15) is 0 Å². The first kappa shape index (κ1) is 21.6. The Morgan fingerprint density at radius 3 is 2.42 bits per heavy atom. The number of hydrogen-bond donors (Lipinski definition) is 1. The van der Waals surface area contributed by atoms with Gasteiger partial charge in [0, 0.05) is 19.3 Å². The van der Waals surface area contributed by atoms with E-state index in [-0.39, 0.29) is 24.3 Å². The lowest BCUT2D eigenvalue weighted by atomic mass is 9.80. The molecule has 0 bridgehead atoms. The van der Waals surface area contributed by atoms with Crippen molar-refractivity contribution in [1.82, 2.24) is 0 Å². The fourth-order valence-corrected chi connectivity index (χ4v) is 4.43. The zero-order valence-corrected chi connectivity index (χ0v) is 17.2. The van der Waals surface area contributed by atoms with E-state index in [2.05, 4.69) is 20.8 Å². The second-order valence-electron chi connectivity index (χ2n) is 8.70. The molecule has 1 spiro atoms. The molecule has 2 rings (SSSR count).